The Morgan fingerprint density at radius 3 is 2.67 bits per heavy atom. The van der Waals surface area contributed by atoms with Gasteiger partial charge in [-0.15, -0.1) is 0 Å². The number of rotatable bonds is 4. The number of hydrogen-bond acceptors (Lipinski definition) is 4. The summed E-state index contributed by atoms with van der Waals surface area (Å²) in [4.78, 5) is 0.322. The van der Waals surface area contributed by atoms with E-state index in [0.717, 1.165) is 16.8 Å². The molecule has 0 amide bonds. The van der Waals surface area contributed by atoms with Crippen molar-refractivity contribution in [1.82, 2.24) is 0 Å². The Morgan fingerprint density at radius 2 is 2.06 bits per heavy atom. The summed E-state index contributed by atoms with van der Waals surface area (Å²) in [6.45, 7) is 2.54. The van der Waals surface area contributed by atoms with E-state index in [2.05, 4.69) is 5.32 Å². The summed E-state index contributed by atoms with van der Waals surface area (Å²) in [7, 11) is -3.17. The van der Waals surface area contributed by atoms with Gasteiger partial charge in [0.25, 0.3) is 0 Å². The van der Waals surface area contributed by atoms with E-state index < -0.39 is 9.84 Å². The smallest absolute Gasteiger partial charge is 0.175 e. The first-order chi connectivity index (χ1) is 8.47. The highest BCUT2D eigenvalue weighted by Crippen LogP contribution is 2.20. The minimum atomic E-state index is -3.17. The first-order valence-corrected chi connectivity index (χ1v) is 7.41. The molecule has 2 aromatic rings. The Bertz CT molecular complexity index is 630. The van der Waals surface area contributed by atoms with Gasteiger partial charge >= 0.3 is 0 Å². The van der Waals surface area contributed by atoms with Gasteiger partial charge in [0.15, 0.2) is 9.84 Å². The predicted octanol–water partition coefficient (Wildman–Crippen LogP) is 2.60. The summed E-state index contributed by atoms with van der Waals surface area (Å²) in [5.74, 6) is 0. The molecule has 1 aromatic heterocycles. The fraction of sp³-hybridized carbons (Fsp3) is 0.231. The molecule has 5 heteroatoms. The van der Waals surface area contributed by atoms with Crippen LogP contribution in [0.25, 0.3) is 0 Å². The molecule has 1 N–H and O–H groups in total. The minimum absolute atomic E-state index is 0.322. The van der Waals surface area contributed by atoms with E-state index in [1.54, 1.807) is 30.7 Å². The average molecular weight is 265 g/mol. The van der Waals surface area contributed by atoms with Crippen LogP contribution in [-0.4, -0.2) is 14.7 Å². The predicted molar refractivity (Wildman–Crippen MR) is 70.3 cm³/mol. The Hall–Kier alpha value is -1.75. The van der Waals surface area contributed by atoms with Gasteiger partial charge in [0.2, 0.25) is 0 Å². The van der Waals surface area contributed by atoms with Crippen molar-refractivity contribution in [1.29, 1.82) is 0 Å². The third kappa shape index (κ3) is 2.92. The fourth-order valence-corrected chi connectivity index (χ4v) is 2.26. The molecule has 96 valence electrons. The highest BCUT2D eigenvalue weighted by molar-refractivity contribution is 7.90. The molecule has 0 unspecified atom stereocenters. The van der Waals surface area contributed by atoms with E-state index in [9.17, 15) is 8.42 Å². The van der Waals surface area contributed by atoms with Crippen molar-refractivity contribution < 1.29 is 12.8 Å². The van der Waals surface area contributed by atoms with Crippen molar-refractivity contribution in [3.8, 4) is 0 Å². The maximum atomic E-state index is 11.5. The molecule has 0 atom stereocenters. The highest BCUT2D eigenvalue weighted by Gasteiger charge is 2.09. The number of nitrogens with one attached hydrogen (secondary N) is 1. The third-order valence-corrected chi connectivity index (χ3v) is 3.81. The van der Waals surface area contributed by atoms with Crippen LogP contribution in [-0.2, 0) is 16.4 Å². The van der Waals surface area contributed by atoms with Gasteiger partial charge in [0, 0.05) is 24.1 Å². The Kier molecular flexibility index (Phi) is 3.43. The van der Waals surface area contributed by atoms with E-state index in [4.69, 9.17) is 4.42 Å². The van der Waals surface area contributed by atoms with Gasteiger partial charge in [-0.2, -0.15) is 0 Å². The molecule has 1 heterocycles. The fourth-order valence-electron chi connectivity index (χ4n) is 1.61. The molecule has 0 aliphatic heterocycles. The topological polar surface area (TPSA) is 59.3 Å². The van der Waals surface area contributed by atoms with E-state index in [1.807, 2.05) is 13.0 Å². The summed E-state index contributed by atoms with van der Waals surface area (Å²) < 4.78 is 27.9. The molecule has 0 bridgehead atoms. The summed E-state index contributed by atoms with van der Waals surface area (Å²) in [6, 6.07) is 6.94. The van der Waals surface area contributed by atoms with Crippen molar-refractivity contribution in [2.75, 3.05) is 11.6 Å². The maximum absolute atomic E-state index is 11.5. The largest absolute Gasteiger partial charge is 0.472 e. The normalized spacial score (nSPS) is 11.4. The molecule has 0 saturated heterocycles. The molecule has 18 heavy (non-hydrogen) atoms. The zero-order chi connectivity index (χ0) is 13.2. The van der Waals surface area contributed by atoms with E-state index in [1.165, 1.54) is 6.26 Å². The van der Waals surface area contributed by atoms with Crippen LogP contribution in [0.2, 0.25) is 0 Å². The lowest BCUT2D eigenvalue weighted by Gasteiger charge is -2.10. The summed E-state index contributed by atoms with van der Waals surface area (Å²) in [5.41, 5.74) is 2.84. The molecule has 0 aliphatic carbocycles. The van der Waals surface area contributed by atoms with E-state index in [0.29, 0.717) is 11.4 Å². The summed E-state index contributed by atoms with van der Waals surface area (Å²) in [6.07, 6.45) is 4.47. The molecular formula is C13H15NO3S. The van der Waals surface area contributed by atoms with Crippen LogP contribution in [0.1, 0.15) is 11.1 Å². The first-order valence-electron chi connectivity index (χ1n) is 5.52. The molecule has 0 fully saturated rings. The van der Waals surface area contributed by atoms with Gasteiger partial charge < -0.3 is 9.73 Å². The van der Waals surface area contributed by atoms with Crippen LogP contribution in [0.15, 0.2) is 46.1 Å². The number of benzene rings is 1. The van der Waals surface area contributed by atoms with Gasteiger partial charge in [0.1, 0.15) is 0 Å². The summed E-state index contributed by atoms with van der Waals surface area (Å²) in [5, 5.41) is 3.20. The Labute approximate surface area is 107 Å². The van der Waals surface area contributed by atoms with Crippen molar-refractivity contribution in [3.05, 3.63) is 47.9 Å². The lowest BCUT2D eigenvalue weighted by molar-refractivity contribution is 0.564. The molecule has 0 saturated carbocycles. The third-order valence-electron chi connectivity index (χ3n) is 2.70. The van der Waals surface area contributed by atoms with Crippen molar-refractivity contribution in [3.63, 3.8) is 0 Å². The molecule has 0 radical (unpaired) electrons. The van der Waals surface area contributed by atoms with Crippen LogP contribution < -0.4 is 5.32 Å². The second kappa shape index (κ2) is 4.86. The maximum Gasteiger partial charge on any atom is 0.175 e. The average Bonchev–Trinajstić information content (AvgIpc) is 2.79. The number of hydrogen-bond donors (Lipinski definition) is 1. The zero-order valence-corrected chi connectivity index (χ0v) is 11.1. The minimum Gasteiger partial charge on any atom is -0.472 e. The van der Waals surface area contributed by atoms with Gasteiger partial charge in [-0.25, -0.2) is 8.42 Å². The molecule has 0 spiro atoms. The van der Waals surface area contributed by atoms with Crippen LogP contribution in [0.3, 0.4) is 0 Å². The number of sulfone groups is 1. The van der Waals surface area contributed by atoms with Crippen molar-refractivity contribution in [2.24, 2.45) is 0 Å². The lowest BCUT2D eigenvalue weighted by Crippen LogP contribution is -2.03. The van der Waals surface area contributed by atoms with Gasteiger partial charge in [-0.3, -0.25) is 0 Å². The van der Waals surface area contributed by atoms with Crippen LogP contribution in [0.4, 0.5) is 5.69 Å². The van der Waals surface area contributed by atoms with E-state index in [-0.39, 0.29) is 0 Å². The molecule has 1 aromatic carbocycles. The van der Waals surface area contributed by atoms with Crippen LogP contribution in [0.5, 0.6) is 0 Å². The van der Waals surface area contributed by atoms with Crippen LogP contribution >= 0.6 is 0 Å². The summed E-state index contributed by atoms with van der Waals surface area (Å²) >= 11 is 0. The molecule has 4 nitrogen and oxygen atoms in total. The molecular weight excluding hydrogens is 250 g/mol. The Balaban J connectivity index is 2.22. The van der Waals surface area contributed by atoms with Crippen LogP contribution in [0, 0.1) is 6.92 Å². The second-order valence-corrected chi connectivity index (χ2v) is 6.25. The first kappa shape index (κ1) is 12.7. The van der Waals surface area contributed by atoms with Crippen molar-refractivity contribution in [2.45, 2.75) is 18.4 Å². The van der Waals surface area contributed by atoms with Gasteiger partial charge in [-0.05, 0) is 30.7 Å². The number of aryl methyl sites for hydroxylation is 1. The number of anilines is 1. The number of furan rings is 1. The van der Waals surface area contributed by atoms with Gasteiger partial charge in [-0.1, -0.05) is 6.07 Å². The lowest BCUT2D eigenvalue weighted by atomic mass is 10.2. The van der Waals surface area contributed by atoms with Gasteiger partial charge in [0.05, 0.1) is 17.4 Å². The second-order valence-electron chi connectivity index (χ2n) is 4.23. The Morgan fingerprint density at radius 1 is 1.28 bits per heavy atom. The van der Waals surface area contributed by atoms with Crippen molar-refractivity contribution >= 4 is 15.5 Å². The van der Waals surface area contributed by atoms with E-state index >= 15 is 0 Å². The quantitative estimate of drug-likeness (QED) is 0.923. The standard InChI is InChI=1S/C13H15NO3S/c1-10-3-4-12(18(2,15)16)7-13(10)14-8-11-5-6-17-9-11/h3-7,9,14H,8H2,1-2H3. The SMILES string of the molecule is Cc1ccc(S(C)(=O)=O)cc1NCc1ccoc1. The molecule has 0 aliphatic rings. The molecule has 2 rings (SSSR count). The monoisotopic (exact) mass is 265 g/mol. The zero-order valence-electron chi connectivity index (χ0n) is 10.3. The highest BCUT2D eigenvalue weighted by atomic mass is 32.2.